The van der Waals surface area contributed by atoms with E-state index >= 15 is 0 Å². The van der Waals surface area contributed by atoms with Crippen LogP contribution in [-0.4, -0.2) is 28.2 Å². The first-order valence-corrected chi connectivity index (χ1v) is 5.88. The Bertz CT molecular complexity index is 584. The van der Waals surface area contributed by atoms with Crippen molar-refractivity contribution in [2.24, 2.45) is 0 Å². The Morgan fingerprint density at radius 2 is 2.11 bits per heavy atom. The fraction of sp³-hybridized carbons (Fsp3) is 0.214. The summed E-state index contributed by atoms with van der Waals surface area (Å²) in [7, 11) is 1.59. The molecule has 0 unspecified atom stereocenters. The molecule has 0 radical (unpaired) electrons. The van der Waals surface area contributed by atoms with E-state index in [9.17, 15) is 4.79 Å². The lowest BCUT2D eigenvalue weighted by Gasteiger charge is -2.07. The van der Waals surface area contributed by atoms with E-state index in [0.717, 1.165) is 5.56 Å². The smallest absolute Gasteiger partial charge is 0.303 e. The van der Waals surface area contributed by atoms with E-state index in [1.807, 2.05) is 24.3 Å². The summed E-state index contributed by atoms with van der Waals surface area (Å²) >= 11 is 0. The second-order valence-corrected chi connectivity index (χ2v) is 3.97. The predicted octanol–water partition coefficient (Wildman–Crippen LogP) is 2.17. The molecule has 0 amide bonds. The lowest BCUT2D eigenvalue weighted by atomic mass is 10.1. The average molecular weight is 258 g/mol. The summed E-state index contributed by atoms with van der Waals surface area (Å²) in [5, 5.41) is 8.68. The summed E-state index contributed by atoms with van der Waals surface area (Å²) < 4.78 is 5.26. The maximum Gasteiger partial charge on any atom is 0.303 e. The number of nitrogens with zero attached hydrogens (tertiary/aromatic N) is 2. The van der Waals surface area contributed by atoms with Crippen molar-refractivity contribution in [3.63, 3.8) is 0 Å². The topological polar surface area (TPSA) is 72.3 Å². The van der Waals surface area contributed by atoms with Crippen LogP contribution in [0.25, 0.3) is 11.4 Å². The summed E-state index contributed by atoms with van der Waals surface area (Å²) in [5.74, 6) is 0.399. The first-order chi connectivity index (χ1) is 9.20. The SMILES string of the molecule is COc1ccccc1-c1nccc(CCC(=O)O)n1. The Balaban J connectivity index is 2.29. The van der Waals surface area contributed by atoms with Gasteiger partial charge in [-0.2, -0.15) is 0 Å². The van der Waals surface area contributed by atoms with Gasteiger partial charge in [0, 0.05) is 18.3 Å². The fourth-order valence-electron chi connectivity index (χ4n) is 1.73. The molecule has 1 N–H and O–H groups in total. The van der Waals surface area contributed by atoms with Crippen molar-refractivity contribution in [3.8, 4) is 17.1 Å². The standard InChI is InChI=1S/C14H14N2O3/c1-19-12-5-3-2-4-11(12)14-15-9-8-10(16-14)6-7-13(17)18/h2-5,8-9H,6-7H2,1H3,(H,17,18). The molecule has 0 atom stereocenters. The molecule has 0 aliphatic rings. The molecule has 5 nitrogen and oxygen atoms in total. The number of carboxylic acid groups (broad SMARTS) is 1. The number of benzene rings is 1. The van der Waals surface area contributed by atoms with Crippen molar-refractivity contribution in [1.29, 1.82) is 0 Å². The molecule has 1 heterocycles. The lowest BCUT2D eigenvalue weighted by molar-refractivity contribution is -0.136. The van der Waals surface area contributed by atoms with Crippen molar-refractivity contribution in [2.45, 2.75) is 12.8 Å². The first kappa shape index (κ1) is 13.0. The Labute approximate surface area is 110 Å². The van der Waals surface area contributed by atoms with Gasteiger partial charge in [-0.05, 0) is 18.2 Å². The Hall–Kier alpha value is -2.43. The van der Waals surface area contributed by atoms with Gasteiger partial charge in [-0.3, -0.25) is 4.79 Å². The van der Waals surface area contributed by atoms with Crippen LogP contribution in [0.5, 0.6) is 5.75 Å². The highest BCUT2D eigenvalue weighted by Gasteiger charge is 2.09. The summed E-state index contributed by atoms with van der Waals surface area (Å²) in [6.45, 7) is 0. The molecule has 1 aromatic heterocycles. The number of aliphatic carboxylic acids is 1. The van der Waals surface area contributed by atoms with Crippen LogP contribution in [0.1, 0.15) is 12.1 Å². The largest absolute Gasteiger partial charge is 0.496 e. The van der Waals surface area contributed by atoms with Gasteiger partial charge < -0.3 is 9.84 Å². The summed E-state index contributed by atoms with van der Waals surface area (Å²) in [4.78, 5) is 19.1. The molecular weight excluding hydrogens is 244 g/mol. The van der Waals surface area contributed by atoms with Gasteiger partial charge in [-0.1, -0.05) is 12.1 Å². The van der Waals surface area contributed by atoms with Gasteiger partial charge in [-0.15, -0.1) is 0 Å². The van der Waals surface area contributed by atoms with Crippen LogP contribution in [0.2, 0.25) is 0 Å². The molecular formula is C14H14N2O3. The molecule has 5 heteroatoms. The second kappa shape index (κ2) is 5.95. The van der Waals surface area contributed by atoms with E-state index in [4.69, 9.17) is 9.84 Å². The van der Waals surface area contributed by atoms with E-state index in [2.05, 4.69) is 9.97 Å². The van der Waals surface area contributed by atoms with Crippen molar-refractivity contribution >= 4 is 5.97 Å². The molecule has 0 spiro atoms. The number of carbonyl (C=O) groups is 1. The maximum absolute atomic E-state index is 10.6. The zero-order valence-electron chi connectivity index (χ0n) is 10.5. The molecule has 0 saturated heterocycles. The minimum absolute atomic E-state index is 0.0579. The zero-order chi connectivity index (χ0) is 13.7. The number of para-hydroxylation sites is 1. The van der Waals surface area contributed by atoms with Crippen LogP contribution in [-0.2, 0) is 11.2 Å². The molecule has 19 heavy (non-hydrogen) atoms. The molecule has 0 saturated carbocycles. The van der Waals surface area contributed by atoms with Crippen molar-refractivity contribution in [3.05, 3.63) is 42.2 Å². The third kappa shape index (κ3) is 3.28. The quantitative estimate of drug-likeness (QED) is 0.889. The molecule has 0 fully saturated rings. The number of methoxy groups -OCH3 is 1. The first-order valence-electron chi connectivity index (χ1n) is 5.88. The van der Waals surface area contributed by atoms with Crippen molar-refractivity contribution < 1.29 is 14.6 Å². The summed E-state index contributed by atoms with van der Waals surface area (Å²) in [6.07, 6.45) is 2.08. The number of carboxylic acids is 1. The molecule has 0 bridgehead atoms. The Morgan fingerprint density at radius 3 is 2.84 bits per heavy atom. The highest BCUT2D eigenvalue weighted by molar-refractivity contribution is 5.67. The lowest BCUT2D eigenvalue weighted by Crippen LogP contribution is -2.01. The van der Waals surface area contributed by atoms with Crippen molar-refractivity contribution in [2.75, 3.05) is 7.11 Å². The molecule has 2 aromatic rings. The number of hydrogen-bond acceptors (Lipinski definition) is 4. The highest BCUT2D eigenvalue weighted by atomic mass is 16.5. The third-order valence-electron chi connectivity index (χ3n) is 2.66. The molecule has 0 aliphatic heterocycles. The number of rotatable bonds is 5. The van der Waals surface area contributed by atoms with Crippen LogP contribution in [0, 0.1) is 0 Å². The number of hydrogen-bond donors (Lipinski definition) is 1. The van der Waals surface area contributed by atoms with Crippen LogP contribution in [0.15, 0.2) is 36.5 Å². The van der Waals surface area contributed by atoms with Gasteiger partial charge in [0.15, 0.2) is 5.82 Å². The Kier molecular flexibility index (Phi) is 4.07. The van der Waals surface area contributed by atoms with Crippen molar-refractivity contribution in [1.82, 2.24) is 9.97 Å². The third-order valence-corrected chi connectivity index (χ3v) is 2.66. The second-order valence-electron chi connectivity index (χ2n) is 3.97. The van der Waals surface area contributed by atoms with Crippen LogP contribution >= 0.6 is 0 Å². The highest BCUT2D eigenvalue weighted by Crippen LogP contribution is 2.26. The predicted molar refractivity (Wildman–Crippen MR) is 70.0 cm³/mol. The molecule has 2 rings (SSSR count). The zero-order valence-corrected chi connectivity index (χ0v) is 10.5. The monoisotopic (exact) mass is 258 g/mol. The van der Waals surface area contributed by atoms with E-state index < -0.39 is 5.97 Å². The van der Waals surface area contributed by atoms with Gasteiger partial charge in [-0.25, -0.2) is 9.97 Å². The molecule has 0 aliphatic carbocycles. The van der Waals surface area contributed by atoms with E-state index in [1.165, 1.54) is 0 Å². The van der Waals surface area contributed by atoms with Crippen LogP contribution in [0.4, 0.5) is 0 Å². The fourth-order valence-corrected chi connectivity index (χ4v) is 1.73. The normalized spacial score (nSPS) is 10.2. The minimum Gasteiger partial charge on any atom is -0.496 e. The van der Waals surface area contributed by atoms with Gasteiger partial charge in [0.25, 0.3) is 0 Å². The van der Waals surface area contributed by atoms with E-state index in [0.29, 0.717) is 23.7 Å². The summed E-state index contributed by atoms with van der Waals surface area (Å²) in [6, 6.07) is 9.18. The summed E-state index contributed by atoms with van der Waals surface area (Å²) in [5.41, 5.74) is 1.50. The number of aryl methyl sites for hydroxylation is 1. The van der Waals surface area contributed by atoms with Crippen LogP contribution < -0.4 is 4.74 Å². The van der Waals surface area contributed by atoms with Crippen LogP contribution in [0.3, 0.4) is 0 Å². The molecule has 1 aromatic carbocycles. The number of aromatic nitrogens is 2. The average Bonchev–Trinajstić information content (AvgIpc) is 2.45. The minimum atomic E-state index is -0.836. The van der Waals surface area contributed by atoms with E-state index in [1.54, 1.807) is 19.4 Å². The maximum atomic E-state index is 10.6. The van der Waals surface area contributed by atoms with Gasteiger partial charge >= 0.3 is 5.97 Å². The van der Waals surface area contributed by atoms with Gasteiger partial charge in [0.05, 0.1) is 19.1 Å². The van der Waals surface area contributed by atoms with E-state index in [-0.39, 0.29) is 6.42 Å². The van der Waals surface area contributed by atoms with Gasteiger partial charge in [0.2, 0.25) is 0 Å². The number of ether oxygens (including phenoxy) is 1. The molecule has 98 valence electrons. The Morgan fingerprint density at radius 1 is 1.32 bits per heavy atom. The van der Waals surface area contributed by atoms with Gasteiger partial charge in [0.1, 0.15) is 5.75 Å².